The zero-order valence-corrected chi connectivity index (χ0v) is 14.0. The van der Waals surface area contributed by atoms with Crippen molar-refractivity contribution >= 4 is 41.8 Å². The van der Waals surface area contributed by atoms with Crippen molar-refractivity contribution in [3.05, 3.63) is 40.2 Å². The van der Waals surface area contributed by atoms with E-state index in [-0.39, 0.29) is 6.03 Å². The van der Waals surface area contributed by atoms with Crippen molar-refractivity contribution in [3.63, 3.8) is 0 Å². The van der Waals surface area contributed by atoms with Gasteiger partial charge >= 0.3 is 6.03 Å². The summed E-state index contributed by atoms with van der Waals surface area (Å²) >= 11 is 10.2. The fourth-order valence-electron chi connectivity index (χ4n) is 2.08. The van der Waals surface area contributed by atoms with Gasteiger partial charge in [-0.05, 0) is 44.5 Å². The molecule has 1 heterocycles. The lowest BCUT2D eigenvalue weighted by atomic mass is 10.2. The molecule has 5 nitrogen and oxygen atoms in total. The van der Waals surface area contributed by atoms with E-state index in [0.29, 0.717) is 16.4 Å². The molecule has 2 rings (SSSR count). The first kappa shape index (κ1) is 15.7. The molecule has 1 aromatic carbocycles. The number of benzene rings is 1. The number of thiol groups is 1. The van der Waals surface area contributed by atoms with E-state index >= 15 is 0 Å². The Kier molecular flexibility index (Phi) is 4.49. The maximum atomic E-state index is 12.3. The van der Waals surface area contributed by atoms with Crippen molar-refractivity contribution in [2.45, 2.75) is 20.8 Å². The Morgan fingerprint density at radius 3 is 2.57 bits per heavy atom. The Bertz CT molecular complexity index is 699. The van der Waals surface area contributed by atoms with Gasteiger partial charge < -0.3 is 5.32 Å². The molecule has 21 heavy (non-hydrogen) atoms. The lowest BCUT2D eigenvalue weighted by Crippen LogP contribution is -2.27. The van der Waals surface area contributed by atoms with Gasteiger partial charge in [0.25, 0.3) is 0 Å². The molecular formula is C14H17ClN4OS. The lowest BCUT2D eigenvalue weighted by Gasteiger charge is -2.19. The SMILES string of the molecule is Cc1cc(Cl)ccc1N(S)C(=O)Nc1c(C)nn(C)c1C. The summed E-state index contributed by atoms with van der Waals surface area (Å²) in [6.07, 6.45) is 0. The highest BCUT2D eigenvalue weighted by Gasteiger charge is 2.18. The van der Waals surface area contributed by atoms with E-state index in [1.807, 2.05) is 27.8 Å². The highest BCUT2D eigenvalue weighted by Crippen LogP contribution is 2.26. The number of aromatic nitrogens is 2. The molecule has 2 amide bonds. The highest BCUT2D eigenvalue weighted by molar-refractivity contribution is 7.82. The highest BCUT2D eigenvalue weighted by atomic mass is 35.5. The van der Waals surface area contributed by atoms with Crippen molar-refractivity contribution in [1.29, 1.82) is 0 Å². The molecular weight excluding hydrogens is 308 g/mol. The summed E-state index contributed by atoms with van der Waals surface area (Å²) in [6.45, 7) is 5.61. The number of carbonyl (C=O) groups excluding carboxylic acids is 1. The van der Waals surface area contributed by atoms with E-state index < -0.39 is 0 Å². The Morgan fingerprint density at radius 1 is 1.38 bits per heavy atom. The minimum atomic E-state index is -0.344. The predicted octanol–water partition coefficient (Wildman–Crippen LogP) is 3.88. The van der Waals surface area contributed by atoms with Crippen molar-refractivity contribution in [2.24, 2.45) is 7.05 Å². The zero-order chi connectivity index (χ0) is 15.7. The first-order valence-electron chi connectivity index (χ1n) is 6.37. The number of rotatable bonds is 2. The lowest BCUT2D eigenvalue weighted by molar-refractivity contribution is 0.260. The number of hydrogen-bond acceptors (Lipinski definition) is 3. The fourth-order valence-corrected chi connectivity index (χ4v) is 2.58. The largest absolute Gasteiger partial charge is 0.336 e. The maximum Gasteiger partial charge on any atom is 0.336 e. The Balaban J connectivity index is 2.23. The average Bonchev–Trinajstić information content (AvgIpc) is 2.64. The molecule has 0 aliphatic rings. The average molecular weight is 325 g/mol. The first-order valence-corrected chi connectivity index (χ1v) is 7.15. The molecule has 0 unspecified atom stereocenters. The van der Waals surface area contributed by atoms with Crippen LogP contribution in [0.4, 0.5) is 16.2 Å². The molecule has 0 aliphatic heterocycles. The topological polar surface area (TPSA) is 50.2 Å². The van der Waals surface area contributed by atoms with Crippen LogP contribution in [0.1, 0.15) is 17.0 Å². The minimum Gasteiger partial charge on any atom is -0.303 e. The number of amides is 2. The van der Waals surface area contributed by atoms with Crippen molar-refractivity contribution in [3.8, 4) is 0 Å². The Morgan fingerprint density at radius 2 is 2.05 bits per heavy atom. The van der Waals surface area contributed by atoms with Gasteiger partial charge in [0.05, 0.1) is 22.8 Å². The summed E-state index contributed by atoms with van der Waals surface area (Å²) in [5, 5.41) is 7.72. The number of anilines is 2. The Hall–Kier alpha value is -1.66. The number of carbonyl (C=O) groups is 1. The maximum absolute atomic E-state index is 12.3. The predicted molar refractivity (Wildman–Crippen MR) is 89.4 cm³/mol. The van der Waals surface area contributed by atoms with Gasteiger partial charge in [0.1, 0.15) is 0 Å². The van der Waals surface area contributed by atoms with Crippen LogP contribution >= 0.6 is 24.4 Å². The van der Waals surface area contributed by atoms with Gasteiger partial charge in [0.2, 0.25) is 0 Å². The van der Waals surface area contributed by atoms with Crippen LogP contribution < -0.4 is 9.62 Å². The molecule has 2 aromatic rings. The first-order chi connectivity index (χ1) is 9.81. The van der Waals surface area contributed by atoms with Gasteiger partial charge in [-0.15, -0.1) is 0 Å². The van der Waals surface area contributed by atoms with Gasteiger partial charge in [-0.3, -0.25) is 4.68 Å². The van der Waals surface area contributed by atoms with E-state index in [0.717, 1.165) is 17.0 Å². The molecule has 112 valence electrons. The second-order valence-corrected chi connectivity index (χ2v) is 5.68. The van der Waals surface area contributed by atoms with Crippen molar-refractivity contribution < 1.29 is 4.79 Å². The number of hydrogen-bond donors (Lipinski definition) is 2. The summed E-state index contributed by atoms with van der Waals surface area (Å²) in [5.74, 6) is 0. The molecule has 7 heteroatoms. The van der Waals surface area contributed by atoms with Crippen LogP contribution in [0.5, 0.6) is 0 Å². The molecule has 0 bridgehead atoms. The van der Waals surface area contributed by atoms with Crippen LogP contribution in [0.2, 0.25) is 5.02 Å². The molecule has 1 aromatic heterocycles. The van der Waals surface area contributed by atoms with E-state index in [2.05, 4.69) is 23.2 Å². The van der Waals surface area contributed by atoms with Gasteiger partial charge in [-0.2, -0.15) is 5.10 Å². The smallest absolute Gasteiger partial charge is 0.303 e. The third kappa shape index (κ3) is 3.16. The van der Waals surface area contributed by atoms with Gasteiger partial charge in [-0.25, -0.2) is 9.10 Å². The molecule has 0 spiro atoms. The van der Waals surface area contributed by atoms with Crippen LogP contribution in [-0.4, -0.2) is 15.8 Å². The van der Waals surface area contributed by atoms with Crippen molar-refractivity contribution in [2.75, 3.05) is 9.62 Å². The van der Waals surface area contributed by atoms with Gasteiger partial charge in [0.15, 0.2) is 0 Å². The van der Waals surface area contributed by atoms with E-state index in [1.165, 1.54) is 4.31 Å². The number of nitrogens with zero attached hydrogens (tertiary/aromatic N) is 3. The van der Waals surface area contributed by atoms with Crippen LogP contribution in [0.25, 0.3) is 0 Å². The monoisotopic (exact) mass is 324 g/mol. The summed E-state index contributed by atoms with van der Waals surface area (Å²) in [6, 6.07) is 4.92. The normalized spacial score (nSPS) is 10.6. The fraction of sp³-hybridized carbons (Fsp3) is 0.286. The molecule has 0 atom stereocenters. The standard InChI is InChI=1S/C14H17ClN4OS/c1-8-7-11(15)5-6-12(8)19(21)14(20)16-13-9(2)17-18(4)10(13)3/h5-7,21H,1-4H3,(H,16,20). The quantitative estimate of drug-likeness (QED) is 0.824. The van der Waals surface area contributed by atoms with E-state index in [1.54, 1.807) is 22.9 Å². The van der Waals surface area contributed by atoms with Gasteiger partial charge in [0, 0.05) is 12.1 Å². The molecule has 0 radical (unpaired) electrons. The van der Waals surface area contributed by atoms with Crippen molar-refractivity contribution in [1.82, 2.24) is 9.78 Å². The second kappa shape index (κ2) is 5.99. The summed E-state index contributed by atoms with van der Waals surface area (Å²) in [5.41, 5.74) is 3.90. The Labute approximate surface area is 134 Å². The van der Waals surface area contributed by atoms with Crippen LogP contribution in [0.3, 0.4) is 0 Å². The van der Waals surface area contributed by atoms with Crippen LogP contribution in [0.15, 0.2) is 18.2 Å². The number of halogens is 1. The van der Waals surface area contributed by atoms with Crippen LogP contribution in [0, 0.1) is 20.8 Å². The number of nitrogens with one attached hydrogen (secondary N) is 1. The molecule has 0 aliphatic carbocycles. The molecule has 1 N–H and O–H groups in total. The minimum absolute atomic E-state index is 0.344. The molecule has 0 fully saturated rings. The third-order valence-corrected chi connectivity index (χ3v) is 3.95. The molecule has 0 saturated carbocycles. The van der Waals surface area contributed by atoms with E-state index in [9.17, 15) is 4.79 Å². The number of urea groups is 1. The van der Waals surface area contributed by atoms with Gasteiger partial charge in [-0.1, -0.05) is 24.4 Å². The summed E-state index contributed by atoms with van der Waals surface area (Å²) in [4.78, 5) is 12.3. The number of aryl methyl sites for hydroxylation is 3. The van der Waals surface area contributed by atoms with Crippen LogP contribution in [-0.2, 0) is 7.05 Å². The molecule has 0 saturated heterocycles. The van der Waals surface area contributed by atoms with E-state index in [4.69, 9.17) is 11.6 Å². The summed E-state index contributed by atoms with van der Waals surface area (Å²) < 4.78 is 2.99. The summed E-state index contributed by atoms with van der Waals surface area (Å²) in [7, 11) is 1.83. The zero-order valence-electron chi connectivity index (χ0n) is 12.3. The second-order valence-electron chi connectivity index (χ2n) is 4.84. The third-order valence-electron chi connectivity index (χ3n) is 3.32.